The van der Waals surface area contributed by atoms with Crippen LogP contribution < -0.4 is 5.01 Å². The molecule has 2 heterocycles. The van der Waals surface area contributed by atoms with Crippen LogP contribution in [-0.2, 0) is 6.42 Å². The van der Waals surface area contributed by atoms with Crippen molar-refractivity contribution in [2.24, 2.45) is 5.92 Å². The molecule has 0 aliphatic carbocycles. The molecule has 2 rings (SSSR count). The SMILES string of the molecule is CCC(CC)c1ccc2c(n1)N(N(C)C)CC(CO)C2. The van der Waals surface area contributed by atoms with Gasteiger partial charge in [0.25, 0.3) is 0 Å². The van der Waals surface area contributed by atoms with Gasteiger partial charge in [-0.2, -0.15) is 0 Å². The number of pyridine rings is 1. The van der Waals surface area contributed by atoms with Crippen LogP contribution in [0.4, 0.5) is 5.82 Å². The van der Waals surface area contributed by atoms with Crippen LogP contribution in [0.1, 0.15) is 43.9 Å². The third-order valence-corrected chi connectivity index (χ3v) is 4.31. The number of anilines is 1. The molecule has 0 aromatic carbocycles. The summed E-state index contributed by atoms with van der Waals surface area (Å²) in [5.41, 5.74) is 2.45. The maximum atomic E-state index is 9.47. The second-order valence-corrected chi connectivity index (χ2v) is 5.91. The average Bonchev–Trinajstić information content (AvgIpc) is 2.47. The van der Waals surface area contributed by atoms with Gasteiger partial charge in [-0.05, 0) is 30.9 Å². The van der Waals surface area contributed by atoms with E-state index >= 15 is 0 Å². The van der Waals surface area contributed by atoms with E-state index in [0.29, 0.717) is 11.8 Å². The van der Waals surface area contributed by atoms with E-state index in [4.69, 9.17) is 4.98 Å². The van der Waals surface area contributed by atoms with Crippen molar-refractivity contribution in [2.75, 3.05) is 32.3 Å². The van der Waals surface area contributed by atoms with Crippen LogP contribution in [0.5, 0.6) is 0 Å². The molecule has 0 bridgehead atoms. The molecule has 112 valence electrons. The maximum Gasteiger partial charge on any atom is 0.146 e. The summed E-state index contributed by atoms with van der Waals surface area (Å²) >= 11 is 0. The summed E-state index contributed by atoms with van der Waals surface area (Å²) in [6.45, 7) is 5.52. The highest BCUT2D eigenvalue weighted by molar-refractivity contribution is 5.49. The number of aliphatic hydroxyl groups excluding tert-OH is 1. The molecule has 1 N–H and O–H groups in total. The first-order chi connectivity index (χ1) is 9.60. The number of fused-ring (bicyclic) bond motifs is 1. The van der Waals surface area contributed by atoms with Gasteiger partial charge in [0.1, 0.15) is 5.82 Å². The van der Waals surface area contributed by atoms with Crippen LogP contribution in [-0.4, -0.2) is 42.3 Å². The van der Waals surface area contributed by atoms with Crippen LogP contribution >= 0.6 is 0 Å². The van der Waals surface area contributed by atoms with E-state index in [1.165, 1.54) is 11.3 Å². The van der Waals surface area contributed by atoms with Crippen LogP contribution in [0.15, 0.2) is 12.1 Å². The molecule has 0 saturated heterocycles. The second kappa shape index (κ2) is 6.55. The molecule has 0 saturated carbocycles. The van der Waals surface area contributed by atoms with Crippen molar-refractivity contribution in [1.29, 1.82) is 0 Å². The van der Waals surface area contributed by atoms with Crippen LogP contribution in [0.25, 0.3) is 0 Å². The summed E-state index contributed by atoms with van der Waals surface area (Å²) in [5, 5.41) is 13.7. The zero-order chi connectivity index (χ0) is 14.7. The highest BCUT2D eigenvalue weighted by Crippen LogP contribution is 2.31. The first kappa shape index (κ1) is 15.3. The molecule has 1 aromatic rings. The van der Waals surface area contributed by atoms with Gasteiger partial charge in [0.2, 0.25) is 0 Å². The molecular weight excluding hydrogens is 250 g/mol. The van der Waals surface area contributed by atoms with Crippen molar-refractivity contribution in [3.8, 4) is 0 Å². The van der Waals surface area contributed by atoms with E-state index in [1.54, 1.807) is 0 Å². The Balaban J connectivity index is 2.37. The van der Waals surface area contributed by atoms with E-state index in [-0.39, 0.29) is 6.61 Å². The molecule has 1 atom stereocenters. The summed E-state index contributed by atoms with van der Waals surface area (Å²) in [4.78, 5) is 4.93. The van der Waals surface area contributed by atoms with Gasteiger partial charge in [0.05, 0.1) is 0 Å². The number of aliphatic hydroxyl groups is 1. The Bertz CT molecular complexity index is 443. The van der Waals surface area contributed by atoms with E-state index in [2.05, 4.69) is 36.0 Å². The molecule has 4 nitrogen and oxygen atoms in total. The van der Waals surface area contributed by atoms with Crippen molar-refractivity contribution in [3.63, 3.8) is 0 Å². The lowest BCUT2D eigenvalue weighted by atomic mass is 9.93. The smallest absolute Gasteiger partial charge is 0.146 e. The fourth-order valence-corrected chi connectivity index (χ4v) is 2.99. The van der Waals surface area contributed by atoms with Crippen LogP contribution in [0.2, 0.25) is 0 Å². The third-order valence-electron chi connectivity index (χ3n) is 4.31. The first-order valence-electron chi connectivity index (χ1n) is 7.66. The van der Waals surface area contributed by atoms with Crippen molar-refractivity contribution >= 4 is 5.82 Å². The Morgan fingerprint density at radius 1 is 1.35 bits per heavy atom. The number of rotatable bonds is 5. The van der Waals surface area contributed by atoms with E-state index in [9.17, 15) is 5.11 Å². The van der Waals surface area contributed by atoms with Gasteiger partial charge in [-0.3, -0.25) is 5.01 Å². The predicted octanol–water partition coefficient (Wildman–Crippen LogP) is 2.43. The molecule has 20 heavy (non-hydrogen) atoms. The van der Waals surface area contributed by atoms with Gasteiger partial charge in [0.15, 0.2) is 0 Å². The molecule has 4 heteroatoms. The van der Waals surface area contributed by atoms with Gasteiger partial charge >= 0.3 is 0 Å². The molecule has 0 radical (unpaired) electrons. The molecule has 0 spiro atoms. The van der Waals surface area contributed by atoms with Crippen LogP contribution in [0, 0.1) is 5.92 Å². The lowest BCUT2D eigenvalue weighted by Gasteiger charge is -2.38. The monoisotopic (exact) mass is 277 g/mol. The molecule has 1 aliphatic rings. The Hall–Kier alpha value is -1.13. The van der Waals surface area contributed by atoms with Gasteiger partial charge in [0, 0.05) is 44.8 Å². The topological polar surface area (TPSA) is 39.6 Å². The normalized spacial score (nSPS) is 18.8. The van der Waals surface area contributed by atoms with Gasteiger partial charge in [-0.15, -0.1) is 0 Å². The lowest BCUT2D eigenvalue weighted by Crippen LogP contribution is -2.45. The van der Waals surface area contributed by atoms with Crippen molar-refractivity contribution in [1.82, 2.24) is 9.99 Å². The summed E-state index contributed by atoms with van der Waals surface area (Å²) in [5.74, 6) is 1.91. The zero-order valence-corrected chi connectivity index (χ0v) is 13.1. The van der Waals surface area contributed by atoms with Crippen molar-refractivity contribution in [3.05, 3.63) is 23.4 Å². The van der Waals surface area contributed by atoms with Crippen LogP contribution in [0.3, 0.4) is 0 Å². The van der Waals surface area contributed by atoms with E-state index in [1.807, 2.05) is 14.1 Å². The summed E-state index contributed by atoms with van der Waals surface area (Å²) < 4.78 is 0. The number of hydrogen-bond donors (Lipinski definition) is 1. The maximum absolute atomic E-state index is 9.47. The fraction of sp³-hybridized carbons (Fsp3) is 0.688. The minimum absolute atomic E-state index is 0.234. The number of hydrogen-bond acceptors (Lipinski definition) is 4. The quantitative estimate of drug-likeness (QED) is 0.897. The predicted molar refractivity (Wildman–Crippen MR) is 82.9 cm³/mol. The third kappa shape index (κ3) is 2.96. The summed E-state index contributed by atoms with van der Waals surface area (Å²) in [6.07, 6.45) is 3.18. The Kier molecular flexibility index (Phi) is 5.00. The minimum Gasteiger partial charge on any atom is -0.396 e. The summed E-state index contributed by atoms with van der Waals surface area (Å²) in [7, 11) is 4.07. The fourth-order valence-electron chi connectivity index (χ4n) is 2.99. The van der Waals surface area contributed by atoms with Gasteiger partial charge in [-0.25, -0.2) is 9.99 Å². The molecular formula is C16H27N3O. The average molecular weight is 277 g/mol. The molecule has 0 fully saturated rings. The largest absolute Gasteiger partial charge is 0.396 e. The highest BCUT2D eigenvalue weighted by atomic mass is 16.3. The highest BCUT2D eigenvalue weighted by Gasteiger charge is 2.27. The second-order valence-electron chi connectivity index (χ2n) is 5.91. The summed E-state index contributed by atoms with van der Waals surface area (Å²) in [6, 6.07) is 4.37. The molecule has 1 aromatic heterocycles. The number of hydrazine groups is 1. The van der Waals surface area contributed by atoms with E-state index in [0.717, 1.165) is 31.6 Å². The number of nitrogens with zero attached hydrogens (tertiary/aromatic N) is 3. The molecule has 1 unspecified atom stereocenters. The number of aromatic nitrogens is 1. The zero-order valence-electron chi connectivity index (χ0n) is 13.1. The Labute approximate surface area is 122 Å². The Morgan fingerprint density at radius 3 is 2.60 bits per heavy atom. The van der Waals surface area contributed by atoms with Gasteiger partial charge < -0.3 is 5.11 Å². The van der Waals surface area contributed by atoms with Crippen molar-refractivity contribution in [2.45, 2.75) is 39.0 Å². The molecule has 0 amide bonds. The molecule has 1 aliphatic heterocycles. The van der Waals surface area contributed by atoms with Gasteiger partial charge in [-0.1, -0.05) is 19.9 Å². The van der Waals surface area contributed by atoms with Crippen molar-refractivity contribution < 1.29 is 5.11 Å². The van der Waals surface area contributed by atoms with E-state index < -0.39 is 0 Å². The minimum atomic E-state index is 0.234. The standard InChI is InChI=1S/C16H27N3O/c1-5-13(6-2)15-8-7-14-9-12(11-20)10-19(18(3)4)16(14)17-15/h7-8,12-13,20H,5-6,9-11H2,1-4H3. The first-order valence-corrected chi connectivity index (χ1v) is 7.66. The lowest BCUT2D eigenvalue weighted by molar-refractivity contribution is 0.204. The Morgan fingerprint density at radius 2 is 2.05 bits per heavy atom.